The average Bonchev–Trinajstić information content (AvgIpc) is 2.83. The molecule has 2 heteroatoms. The number of rotatable bonds is 3. The first-order valence-electron chi connectivity index (χ1n) is 5.06. The van der Waals surface area contributed by atoms with E-state index in [2.05, 4.69) is 41.1 Å². The molecule has 14 heavy (non-hydrogen) atoms. The van der Waals surface area contributed by atoms with E-state index in [0.29, 0.717) is 0 Å². The third-order valence-electron chi connectivity index (χ3n) is 2.90. The lowest BCUT2D eigenvalue weighted by atomic mass is 10.0. The van der Waals surface area contributed by atoms with Crippen molar-refractivity contribution in [2.24, 2.45) is 0 Å². The number of halogens is 1. The first kappa shape index (κ1) is 10.2. The predicted molar refractivity (Wildman–Crippen MR) is 61.4 cm³/mol. The third-order valence-corrected chi connectivity index (χ3v) is 3.63. The number of aliphatic hydroxyl groups is 1. The van der Waals surface area contributed by atoms with Gasteiger partial charge in [0, 0.05) is 4.47 Å². The van der Waals surface area contributed by atoms with Gasteiger partial charge in [-0.3, -0.25) is 0 Å². The maximum absolute atomic E-state index is 9.72. The van der Waals surface area contributed by atoms with E-state index in [-0.39, 0.29) is 5.60 Å². The van der Waals surface area contributed by atoms with E-state index in [1.165, 1.54) is 15.6 Å². The van der Waals surface area contributed by atoms with Gasteiger partial charge in [0.05, 0.1) is 5.60 Å². The van der Waals surface area contributed by atoms with Gasteiger partial charge in [0.1, 0.15) is 0 Å². The summed E-state index contributed by atoms with van der Waals surface area (Å²) in [4.78, 5) is 0. The Bertz CT molecular complexity index is 342. The van der Waals surface area contributed by atoms with Crippen molar-refractivity contribution in [3.63, 3.8) is 0 Å². The molecule has 76 valence electrons. The fraction of sp³-hybridized carbons (Fsp3) is 0.500. The van der Waals surface area contributed by atoms with Crippen LogP contribution in [-0.2, 0) is 6.42 Å². The second-order valence-corrected chi connectivity index (χ2v) is 5.17. The van der Waals surface area contributed by atoms with Gasteiger partial charge in [0.2, 0.25) is 0 Å². The Labute approximate surface area is 93.3 Å². The van der Waals surface area contributed by atoms with Crippen molar-refractivity contribution >= 4 is 15.9 Å². The van der Waals surface area contributed by atoms with Crippen LogP contribution >= 0.6 is 15.9 Å². The molecule has 1 fully saturated rings. The van der Waals surface area contributed by atoms with Gasteiger partial charge < -0.3 is 5.11 Å². The van der Waals surface area contributed by atoms with Crippen LogP contribution in [0.4, 0.5) is 0 Å². The molecule has 0 spiro atoms. The smallest absolute Gasteiger partial charge is 0.0653 e. The molecule has 0 bridgehead atoms. The zero-order valence-electron chi connectivity index (χ0n) is 8.39. The Morgan fingerprint density at radius 2 is 2.14 bits per heavy atom. The maximum atomic E-state index is 9.72. The summed E-state index contributed by atoms with van der Waals surface area (Å²) >= 11 is 3.55. The van der Waals surface area contributed by atoms with E-state index in [0.717, 1.165) is 25.7 Å². The van der Waals surface area contributed by atoms with Crippen molar-refractivity contribution in [3.05, 3.63) is 33.8 Å². The normalized spacial score (nSPS) is 18.2. The second kappa shape index (κ2) is 3.67. The molecule has 1 aromatic rings. The van der Waals surface area contributed by atoms with Crippen LogP contribution in [0.15, 0.2) is 22.7 Å². The van der Waals surface area contributed by atoms with Crippen molar-refractivity contribution in [3.8, 4) is 0 Å². The van der Waals surface area contributed by atoms with Gasteiger partial charge in [-0.25, -0.2) is 0 Å². The standard InChI is InChI=1S/C12H15BrO/c1-9-2-3-10(11(13)8-9)4-5-12(14)6-7-12/h2-3,8,14H,4-7H2,1H3. The number of hydrogen-bond donors (Lipinski definition) is 1. The van der Waals surface area contributed by atoms with Crippen molar-refractivity contribution in [2.75, 3.05) is 0 Å². The van der Waals surface area contributed by atoms with Crippen LogP contribution in [0.3, 0.4) is 0 Å². The van der Waals surface area contributed by atoms with Gasteiger partial charge in [-0.2, -0.15) is 0 Å². The molecule has 0 atom stereocenters. The summed E-state index contributed by atoms with van der Waals surface area (Å²) in [7, 11) is 0. The Morgan fingerprint density at radius 1 is 1.43 bits per heavy atom. The van der Waals surface area contributed by atoms with Crippen LogP contribution in [0.25, 0.3) is 0 Å². The largest absolute Gasteiger partial charge is 0.390 e. The van der Waals surface area contributed by atoms with E-state index in [1.807, 2.05) is 0 Å². The van der Waals surface area contributed by atoms with Crippen LogP contribution < -0.4 is 0 Å². The molecule has 0 saturated heterocycles. The fourth-order valence-corrected chi connectivity index (χ4v) is 2.31. The Balaban J connectivity index is 2.02. The molecule has 0 heterocycles. The summed E-state index contributed by atoms with van der Waals surface area (Å²) in [6.45, 7) is 2.09. The van der Waals surface area contributed by atoms with Crippen molar-refractivity contribution in [1.29, 1.82) is 0 Å². The summed E-state index contributed by atoms with van der Waals surface area (Å²) in [6.07, 6.45) is 3.83. The molecule has 1 saturated carbocycles. The number of aryl methyl sites for hydroxylation is 2. The van der Waals surface area contributed by atoms with Crippen LogP contribution in [-0.4, -0.2) is 10.7 Å². The minimum absolute atomic E-state index is 0.329. The van der Waals surface area contributed by atoms with Gasteiger partial charge in [-0.1, -0.05) is 28.1 Å². The molecular weight excluding hydrogens is 240 g/mol. The minimum atomic E-state index is -0.329. The lowest BCUT2D eigenvalue weighted by molar-refractivity contribution is 0.140. The van der Waals surface area contributed by atoms with Crippen molar-refractivity contribution in [1.82, 2.24) is 0 Å². The minimum Gasteiger partial charge on any atom is -0.390 e. The molecule has 0 aromatic heterocycles. The monoisotopic (exact) mass is 254 g/mol. The Hall–Kier alpha value is -0.340. The second-order valence-electron chi connectivity index (χ2n) is 4.32. The molecule has 1 aromatic carbocycles. The Kier molecular flexibility index (Phi) is 2.67. The van der Waals surface area contributed by atoms with Crippen LogP contribution in [0, 0.1) is 6.92 Å². The molecule has 1 N–H and O–H groups in total. The zero-order valence-corrected chi connectivity index (χ0v) is 9.97. The molecule has 0 radical (unpaired) electrons. The van der Waals surface area contributed by atoms with Crippen LogP contribution in [0.1, 0.15) is 30.4 Å². The van der Waals surface area contributed by atoms with Crippen LogP contribution in [0.5, 0.6) is 0 Å². The lowest BCUT2D eigenvalue weighted by Crippen LogP contribution is -2.07. The van der Waals surface area contributed by atoms with E-state index < -0.39 is 0 Å². The van der Waals surface area contributed by atoms with E-state index in [1.54, 1.807) is 0 Å². The fourth-order valence-electron chi connectivity index (χ4n) is 1.62. The topological polar surface area (TPSA) is 20.2 Å². The summed E-state index contributed by atoms with van der Waals surface area (Å²) < 4.78 is 1.17. The quantitative estimate of drug-likeness (QED) is 0.879. The molecule has 0 amide bonds. The van der Waals surface area contributed by atoms with E-state index in [9.17, 15) is 5.11 Å². The molecule has 1 nitrogen and oxygen atoms in total. The van der Waals surface area contributed by atoms with Crippen molar-refractivity contribution in [2.45, 2.75) is 38.2 Å². The van der Waals surface area contributed by atoms with Gasteiger partial charge in [0.25, 0.3) is 0 Å². The van der Waals surface area contributed by atoms with E-state index >= 15 is 0 Å². The molecule has 0 unspecified atom stereocenters. The average molecular weight is 255 g/mol. The van der Waals surface area contributed by atoms with E-state index in [4.69, 9.17) is 0 Å². The zero-order chi connectivity index (χ0) is 10.2. The first-order chi connectivity index (χ1) is 6.59. The van der Waals surface area contributed by atoms with Gasteiger partial charge >= 0.3 is 0 Å². The van der Waals surface area contributed by atoms with Gasteiger partial charge in [-0.05, 0) is 49.8 Å². The van der Waals surface area contributed by atoms with Crippen LogP contribution in [0.2, 0.25) is 0 Å². The highest BCUT2D eigenvalue weighted by Gasteiger charge is 2.39. The highest BCUT2D eigenvalue weighted by atomic mass is 79.9. The highest BCUT2D eigenvalue weighted by molar-refractivity contribution is 9.10. The number of hydrogen-bond acceptors (Lipinski definition) is 1. The molecular formula is C12H15BrO. The summed E-state index contributed by atoms with van der Waals surface area (Å²) in [5, 5.41) is 9.72. The van der Waals surface area contributed by atoms with Gasteiger partial charge in [-0.15, -0.1) is 0 Å². The molecule has 2 rings (SSSR count). The highest BCUT2D eigenvalue weighted by Crippen LogP contribution is 2.39. The first-order valence-corrected chi connectivity index (χ1v) is 5.86. The summed E-state index contributed by atoms with van der Waals surface area (Å²) in [6, 6.07) is 6.40. The third kappa shape index (κ3) is 2.37. The molecule has 1 aliphatic rings. The predicted octanol–water partition coefficient (Wildman–Crippen LogP) is 3.22. The molecule has 1 aliphatic carbocycles. The van der Waals surface area contributed by atoms with Gasteiger partial charge in [0.15, 0.2) is 0 Å². The van der Waals surface area contributed by atoms with Crippen molar-refractivity contribution < 1.29 is 5.11 Å². The maximum Gasteiger partial charge on any atom is 0.0653 e. The lowest BCUT2D eigenvalue weighted by Gasteiger charge is -2.09. The molecule has 0 aliphatic heterocycles. The summed E-state index contributed by atoms with van der Waals surface area (Å²) in [5.74, 6) is 0. The summed E-state index contributed by atoms with van der Waals surface area (Å²) in [5.41, 5.74) is 2.24. The Morgan fingerprint density at radius 3 is 2.71 bits per heavy atom. The number of benzene rings is 1. The SMILES string of the molecule is Cc1ccc(CCC2(O)CC2)c(Br)c1.